The molecule has 0 radical (unpaired) electrons. The number of nitrogens with zero attached hydrogens (tertiary/aromatic N) is 1. The van der Waals surface area contributed by atoms with Gasteiger partial charge in [-0.3, -0.25) is 4.90 Å². The molecule has 112 valence electrons. The van der Waals surface area contributed by atoms with Gasteiger partial charge >= 0.3 is 0 Å². The zero-order valence-electron chi connectivity index (χ0n) is 13.6. The normalized spacial score (nSPS) is 19.2. The molecule has 1 aromatic rings. The van der Waals surface area contributed by atoms with Crippen molar-refractivity contribution in [3.05, 3.63) is 34.4 Å². The molecule has 20 heavy (non-hydrogen) atoms. The first kappa shape index (κ1) is 15.5. The van der Waals surface area contributed by atoms with Crippen LogP contribution in [-0.4, -0.2) is 24.5 Å². The van der Waals surface area contributed by atoms with E-state index < -0.39 is 0 Å². The predicted octanol–water partition coefficient (Wildman–Crippen LogP) is 3.73. The van der Waals surface area contributed by atoms with Crippen molar-refractivity contribution in [2.75, 3.05) is 19.6 Å². The summed E-state index contributed by atoms with van der Waals surface area (Å²) < 4.78 is 0. The maximum atomic E-state index is 6.14. The van der Waals surface area contributed by atoms with E-state index in [0.717, 1.165) is 12.5 Å². The molecule has 2 heteroatoms. The quantitative estimate of drug-likeness (QED) is 0.906. The van der Waals surface area contributed by atoms with Crippen LogP contribution in [0.1, 0.15) is 54.5 Å². The molecule has 1 unspecified atom stereocenters. The first-order valence-electron chi connectivity index (χ1n) is 8.08. The molecular weight excluding hydrogens is 244 g/mol. The molecule has 0 saturated carbocycles. The van der Waals surface area contributed by atoms with E-state index in [1.165, 1.54) is 54.6 Å². The van der Waals surface area contributed by atoms with Gasteiger partial charge in [0, 0.05) is 12.6 Å². The van der Waals surface area contributed by atoms with E-state index in [9.17, 15) is 0 Å². The highest BCUT2D eigenvalue weighted by molar-refractivity contribution is 5.40. The third kappa shape index (κ3) is 3.24. The van der Waals surface area contributed by atoms with E-state index in [1.54, 1.807) is 0 Å². The van der Waals surface area contributed by atoms with Crippen molar-refractivity contribution < 1.29 is 0 Å². The van der Waals surface area contributed by atoms with Gasteiger partial charge in [-0.05, 0) is 69.3 Å². The van der Waals surface area contributed by atoms with E-state index in [1.807, 2.05) is 0 Å². The van der Waals surface area contributed by atoms with Crippen molar-refractivity contribution in [3.8, 4) is 0 Å². The lowest BCUT2D eigenvalue weighted by molar-refractivity contribution is 0.133. The van der Waals surface area contributed by atoms with Crippen molar-refractivity contribution in [2.24, 2.45) is 11.7 Å². The number of benzene rings is 1. The molecule has 1 atom stereocenters. The van der Waals surface area contributed by atoms with Gasteiger partial charge in [0.15, 0.2) is 0 Å². The lowest BCUT2D eigenvalue weighted by Crippen LogP contribution is -2.40. The van der Waals surface area contributed by atoms with Crippen molar-refractivity contribution in [1.82, 2.24) is 4.90 Å². The first-order chi connectivity index (χ1) is 9.56. The Kier molecular flexibility index (Phi) is 5.22. The minimum absolute atomic E-state index is 0.397. The number of hydrogen-bond donors (Lipinski definition) is 1. The SMILES string of the molecule is CCC1CCN(C(CN)c2c(C)cc(C)cc2C)CC1. The Morgan fingerprint density at radius 3 is 2.15 bits per heavy atom. The van der Waals surface area contributed by atoms with Crippen molar-refractivity contribution in [2.45, 2.75) is 53.0 Å². The second kappa shape index (κ2) is 6.73. The molecule has 1 saturated heterocycles. The van der Waals surface area contributed by atoms with Crippen LogP contribution in [0.4, 0.5) is 0 Å². The molecule has 2 nitrogen and oxygen atoms in total. The molecule has 1 fully saturated rings. The minimum Gasteiger partial charge on any atom is -0.329 e. The van der Waals surface area contributed by atoms with Crippen LogP contribution in [0.2, 0.25) is 0 Å². The molecule has 0 spiro atoms. The highest BCUT2D eigenvalue weighted by Crippen LogP contribution is 2.31. The van der Waals surface area contributed by atoms with Gasteiger partial charge < -0.3 is 5.73 Å². The number of nitrogens with two attached hydrogens (primary N) is 1. The van der Waals surface area contributed by atoms with E-state index in [0.29, 0.717) is 6.04 Å². The molecule has 0 aliphatic carbocycles. The van der Waals surface area contributed by atoms with Gasteiger partial charge in [0.05, 0.1) is 0 Å². The van der Waals surface area contributed by atoms with Crippen LogP contribution in [-0.2, 0) is 0 Å². The molecule has 1 aliphatic heterocycles. The maximum absolute atomic E-state index is 6.14. The third-order valence-electron chi connectivity index (χ3n) is 4.96. The summed E-state index contributed by atoms with van der Waals surface area (Å²) in [6.07, 6.45) is 3.98. The monoisotopic (exact) mass is 274 g/mol. The van der Waals surface area contributed by atoms with Crippen LogP contribution in [0.3, 0.4) is 0 Å². The Balaban J connectivity index is 2.21. The van der Waals surface area contributed by atoms with Crippen molar-refractivity contribution >= 4 is 0 Å². The first-order valence-corrected chi connectivity index (χ1v) is 8.08. The van der Waals surface area contributed by atoms with E-state index in [4.69, 9.17) is 5.73 Å². The Morgan fingerprint density at radius 1 is 1.15 bits per heavy atom. The Labute approximate surface area is 124 Å². The standard InChI is InChI=1S/C18H30N2/c1-5-16-6-8-20(9-7-16)17(12-19)18-14(3)10-13(2)11-15(18)4/h10-11,16-17H,5-9,12,19H2,1-4H3. The number of rotatable bonds is 4. The predicted molar refractivity (Wildman–Crippen MR) is 87.0 cm³/mol. The molecule has 1 heterocycles. The molecular formula is C18H30N2. The van der Waals surface area contributed by atoms with Crippen LogP contribution in [0.5, 0.6) is 0 Å². The summed E-state index contributed by atoms with van der Waals surface area (Å²) >= 11 is 0. The van der Waals surface area contributed by atoms with E-state index >= 15 is 0 Å². The van der Waals surface area contributed by atoms with Crippen LogP contribution in [0.25, 0.3) is 0 Å². The third-order valence-corrected chi connectivity index (χ3v) is 4.96. The molecule has 1 aliphatic rings. The average Bonchev–Trinajstić information content (AvgIpc) is 2.43. The second-order valence-electron chi connectivity index (χ2n) is 6.45. The average molecular weight is 274 g/mol. The molecule has 0 aromatic heterocycles. The van der Waals surface area contributed by atoms with Crippen molar-refractivity contribution in [1.29, 1.82) is 0 Å². The van der Waals surface area contributed by atoms with Crippen molar-refractivity contribution in [3.63, 3.8) is 0 Å². The molecule has 2 N–H and O–H groups in total. The highest BCUT2D eigenvalue weighted by atomic mass is 15.2. The highest BCUT2D eigenvalue weighted by Gasteiger charge is 2.26. The van der Waals surface area contributed by atoms with E-state index in [-0.39, 0.29) is 0 Å². The molecule has 1 aromatic carbocycles. The zero-order valence-corrected chi connectivity index (χ0v) is 13.6. The van der Waals surface area contributed by atoms with Gasteiger partial charge in [-0.25, -0.2) is 0 Å². The number of hydrogen-bond acceptors (Lipinski definition) is 2. The van der Waals surface area contributed by atoms with Crippen LogP contribution in [0, 0.1) is 26.7 Å². The smallest absolute Gasteiger partial charge is 0.0475 e. The number of aryl methyl sites for hydroxylation is 3. The fourth-order valence-electron chi connectivity index (χ4n) is 3.84. The summed E-state index contributed by atoms with van der Waals surface area (Å²) in [6, 6.07) is 4.99. The number of piperidine rings is 1. The molecule has 0 amide bonds. The minimum atomic E-state index is 0.397. The van der Waals surface area contributed by atoms with Crippen LogP contribution < -0.4 is 5.73 Å². The van der Waals surface area contributed by atoms with Gasteiger partial charge in [0.1, 0.15) is 0 Å². The molecule has 0 bridgehead atoms. The van der Waals surface area contributed by atoms with Gasteiger partial charge in [-0.2, -0.15) is 0 Å². The Bertz CT molecular complexity index is 422. The Morgan fingerprint density at radius 2 is 1.70 bits per heavy atom. The summed E-state index contributed by atoms with van der Waals surface area (Å²) in [6.45, 7) is 12.1. The van der Waals surface area contributed by atoms with Gasteiger partial charge in [-0.1, -0.05) is 31.0 Å². The van der Waals surface area contributed by atoms with Gasteiger partial charge in [0.2, 0.25) is 0 Å². The lowest BCUT2D eigenvalue weighted by atomic mass is 9.89. The topological polar surface area (TPSA) is 29.3 Å². The van der Waals surface area contributed by atoms with Crippen LogP contribution >= 0.6 is 0 Å². The van der Waals surface area contributed by atoms with E-state index in [2.05, 4.69) is 44.7 Å². The summed E-state index contributed by atoms with van der Waals surface area (Å²) in [7, 11) is 0. The fraction of sp³-hybridized carbons (Fsp3) is 0.667. The fourth-order valence-corrected chi connectivity index (χ4v) is 3.84. The lowest BCUT2D eigenvalue weighted by Gasteiger charge is -2.38. The summed E-state index contributed by atoms with van der Waals surface area (Å²) in [5, 5.41) is 0. The maximum Gasteiger partial charge on any atom is 0.0475 e. The summed E-state index contributed by atoms with van der Waals surface area (Å²) in [5.41, 5.74) is 11.8. The second-order valence-corrected chi connectivity index (χ2v) is 6.45. The van der Waals surface area contributed by atoms with Gasteiger partial charge in [0.25, 0.3) is 0 Å². The summed E-state index contributed by atoms with van der Waals surface area (Å²) in [4.78, 5) is 2.61. The number of likely N-dealkylation sites (tertiary alicyclic amines) is 1. The zero-order chi connectivity index (χ0) is 14.7. The van der Waals surface area contributed by atoms with Gasteiger partial charge in [-0.15, -0.1) is 0 Å². The summed E-state index contributed by atoms with van der Waals surface area (Å²) in [5.74, 6) is 0.921. The van der Waals surface area contributed by atoms with Crippen LogP contribution in [0.15, 0.2) is 12.1 Å². The Hall–Kier alpha value is -0.860. The largest absolute Gasteiger partial charge is 0.329 e. The molecule has 2 rings (SSSR count).